The zero-order chi connectivity index (χ0) is 49.1. The summed E-state index contributed by atoms with van der Waals surface area (Å²) >= 11 is 3.20. The van der Waals surface area contributed by atoms with Crippen molar-refractivity contribution >= 4 is 23.5 Å². The van der Waals surface area contributed by atoms with E-state index in [1.54, 1.807) is 23.5 Å². The van der Waals surface area contributed by atoms with Crippen molar-refractivity contribution in [1.29, 1.82) is 0 Å². The minimum absolute atomic E-state index is 0.218. The summed E-state index contributed by atoms with van der Waals surface area (Å²) < 4.78 is 47.1. The zero-order valence-electron chi connectivity index (χ0n) is 38.9. The first-order valence-electron chi connectivity index (χ1n) is 23.8. The molecule has 12 rings (SSSR count). The smallest absolute Gasteiger partial charge is 0.186 e. The highest BCUT2D eigenvalue weighted by Gasteiger charge is 2.53. The van der Waals surface area contributed by atoms with Gasteiger partial charge >= 0.3 is 0 Å². The highest BCUT2D eigenvalue weighted by Crippen LogP contribution is 2.38. The topological polar surface area (TPSA) is 303 Å². The Bertz CT molecular complexity index is 1470. The van der Waals surface area contributed by atoms with Gasteiger partial charge in [-0.2, -0.15) is 23.5 Å². The minimum Gasteiger partial charge on any atom is -0.394 e. The molecule has 0 aliphatic carbocycles. The summed E-state index contributed by atoms with van der Waals surface area (Å²) in [7, 11) is 0. The van der Waals surface area contributed by atoms with E-state index in [0.29, 0.717) is 87.7 Å². The Hall–Kier alpha value is -1.40. The lowest BCUT2D eigenvalue weighted by Gasteiger charge is -2.47. The number of thioether (sulfide) groups is 2. The minimum atomic E-state index is -1.50. The second kappa shape index (κ2) is 27.1. The van der Waals surface area contributed by atoms with Gasteiger partial charge in [-0.05, 0) is 57.0 Å². The molecule has 392 valence electrons. The monoisotopic (exact) mass is 1010 g/mol. The first-order valence-corrected chi connectivity index (χ1v) is 26.2. The van der Waals surface area contributed by atoms with Crippen LogP contribution in [0, 0.1) is 11.8 Å². The molecule has 16 unspecified atom stereocenters. The van der Waals surface area contributed by atoms with Crippen LogP contribution in [0.4, 0.5) is 0 Å². The number of nitrogens with zero attached hydrogens (tertiary/aromatic N) is 1. The number of aliphatic hydroxyl groups is 10. The van der Waals surface area contributed by atoms with Crippen molar-refractivity contribution in [3.05, 3.63) is 36.8 Å². The fraction of sp³-hybridized carbons (Fsp3) is 0.867. The van der Waals surface area contributed by atoms with Crippen LogP contribution in [0.2, 0.25) is 0 Å². The molecule has 8 bridgehead atoms. The molecule has 12 aliphatic heterocycles. The van der Waals surface area contributed by atoms with Crippen molar-refractivity contribution in [2.75, 3.05) is 62.8 Å². The molecular weight excluding hydrogens is 935 g/mol. The van der Waals surface area contributed by atoms with E-state index < -0.39 is 136 Å². The third kappa shape index (κ3) is 14.4. The first-order chi connectivity index (χ1) is 32.6. The van der Waals surface area contributed by atoms with Crippen LogP contribution in [0.1, 0.15) is 58.3 Å². The lowest BCUT2D eigenvalue weighted by molar-refractivity contribution is -0.354. The third-order valence-electron chi connectivity index (χ3n) is 13.6. The summed E-state index contributed by atoms with van der Waals surface area (Å²) in [6.45, 7) is 14.7. The van der Waals surface area contributed by atoms with Crippen LogP contribution in [-0.4, -0.2) is 229 Å². The summed E-state index contributed by atoms with van der Waals surface area (Å²) in [5, 5.41) is 114. The molecule has 0 spiro atoms. The second-order valence-electron chi connectivity index (χ2n) is 18.5. The molecule has 0 aromatic carbocycles. The van der Waals surface area contributed by atoms with E-state index in [4.69, 9.17) is 37.9 Å². The molecule has 12 heterocycles. The Kier molecular flexibility index (Phi) is 22.2. The molecule has 0 saturated carbocycles. The molecule has 20 atom stereocenters. The number of rotatable bonds is 19. The third-order valence-corrected chi connectivity index (χ3v) is 15.7. The van der Waals surface area contributed by atoms with Crippen LogP contribution >= 0.6 is 23.5 Å². The molecule has 68 heavy (non-hydrogen) atoms. The van der Waals surface area contributed by atoms with Gasteiger partial charge in [0.15, 0.2) is 25.2 Å². The average Bonchev–Trinajstić information content (AvgIpc) is 3.31. The summed E-state index contributed by atoms with van der Waals surface area (Å²) in [6.07, 6.45) is -17.0. The Morgan fingerprint density at radius 1 is 0.515 bits per heavy atom. The Morgan fingerprint density at radius 2 is 0.897 bits per heavy atom. The van der Waals surface area contributed by atoms with Crippen molar-refractivity contribution in [2.24, 2.45) is 11.8 Å². The van der Waals surface area contributed by atoms with Gasteiger partial charge in [0.1, 0.15) is 61.0 Å². The van der Waals surface area contributed by atoms with Gasteiger partial charge in [0.05, 0.1) is 51.0 Å². The second-order valence-corrected chi connectivity index (χ2v) is 20.8. The lowest BCUT2D eigenvalue weighted by atomic mass is 9.85. The van der Waals surface area contributed by atoms with Gasteiger partial charge in [-0.3, -0.25) is 0 Å². The van der Waals surface area contributed by atoms with E-state index in [1.165, 1.54) is 0 Å². The van der Waals surface area contributed by atoms with Gasteiger partial charge in [0.25, 0.3) is 0 Å². The number of aliphatic hydroxyl groups excluding tert-OH is 10. The van der Waals surface area contributed by atoms with E-state index in [-0.39, 0.29) is 13.2 Å². The van der Waals surface area contributed by atoms with Crippen LogP contribution in [0.15, 0.2) is 36.8 Å². The van der Waals surface area contributed by atoms with Crippen molar-refractivity contribution in [1.82, 2.24) is 15.5 Å². The number of nitrogens with one attached hydrogen (secondary N) is 2. The molecule has 0 radical (unpaired) electrons. The zero-order valence-corrected chi connectivity index (χ0v) is 40.5. The van der Waals surface area contributed by atoms with Crippen LogP contribution in [0.25, 0.3) is 0 Å². The number of allylic oxidation sites excluding steroid dienone is 3. The lowest BCUT2D eigenvalue weighted by Crippen LogP contribution is -2.63. The van der Waals surface area contributed by atoms with E-state index in [1.807, 2.05) is 11.8 Å². The molecule has 12 aliphatic rings. The number of ether oxygens (including phenoxy) is 8. The highest BCUT2D eigenvalue weighted by atomic mass is 32.2. The number of hydrogen-bond acceptors (Lipinski definition) is 23. The highest BCUT2D eigenvalue weighted by molar-refractivity contribution is 7.99. The molecule has 0 amide bonds. The quantitative estimate of drug-likeness (QED) is 0.0511. The normalized spacial score (nSPS) is 41.4. The number of hydrogen-bond donors (Lipinski definition) is 12. The van der Waals surface area contributed by atoms with E-state index >= 15 is 0 Å². The van der Waals surface area contributed by atoms with E-state index in [9.17, 15) is 51.1 Å². The van der Waals surface area contributed by atoms with Crippen molar-refractivity contribution in [3.8, 4) is 0 Å². The van der Waals surface area contributed by atoms with Crippen LogP contribution in [0.3, 0.4) is 0 Å². The Balaban J connectivity index is 0.918. The molecule has 0 aromatic heterocycles. The van der Waals surface area contributed by atoms with Crippen LogP contribution in [0.5, 0.6) is 0 Å². The fourth-order valence-corrected chi connectivity index (χ4v) is 11.6. The summed E-state index contributed by atoms with van der Waals surface area (Å²) in [4.78, 5) is 2.01. The fourth-order valence-electron chi connectivity index (χ4n) is 9.34. The summed E-state index contributed by atoms with van der Waals surface area (Å²) in [5.41, 5.74) is 2.42. The maximum absolute atomic E-state index is 11.2. The Morgan fingerprint density at radius 3 is 1.28 bits per heavy atom. The van der Waals surface area contributed by atoms with Gasteiger partial charge in [-0.15, -0.1) is 0 Å². The Labute approximate surface area is 407 Å². The summed E-state index contributed by atoms with van der Waals surface area (Å²) in [6, 6.07) is 0. The van der Waals surface area contributed by atoms with Crippen molar-refractivity contribution < 1.29 is 89.0 Å². The maximum Gasteiger partial charge on any atom is 0.186 e. The van der Waals surface area contributed by atoms with Crippen molar-refractivity contribution in [3.63, 3.8) is 0 Å². The van der Waals surface area contributed by atoms with Crippen molar-refractivity contribution in [2.45, 2.75) is 169 Å². The van der Waals surface area contributed by atoms with Gasteiger partial charge in [0.2, 0.25) is 0 Å². The van der Waals surface area contributed by atoms with Crippen LogP contribution in [-0.2, 0) is 37.9 Å². The maximum atomic E-state index is 11.2. The molecule has 12 fully saturated rings. The predicted molar refractivity (Wildman–Crippen MR) is 248 cm³/mol. The molecular formula is C45H77N3O18S2. The van der Waals surface area contributed by atoms with Gasteiger partial charge in [0, 0.05) is 53.6 Å². The summed E-state index contributed by atoms with van der Waals surface area (Å²) in [5.74, 6) is 1.51. The largest absolute Gasteiger partial charge is 0.394 e. The molecule has 12 N–H and O–H groups in total. The van der Waals surface area contributed by atoms with Gasteiger partial charge < -0.3 is 104 Å². The predicted octanol–water partition coefficient (Wildman–Crippen LogP) is -1.63. The van der Waals surface area contributed by atoms with Gasteiger partial charge in [-0.25, -0.2) is 0 Å². The van der Waals surface area contributed by atoms with Gasteiger partial charge in [-0.1, -0.05) is 32.6 Å². The van der Waals surface area contributed by atoms with E-state index in [0.717, 1.165) is 17.1 Å². The average molecular weight is 1010 g/mol. The van der Waals surface area contributed by atoms with Crippen LogP contribution < -0.4 is 10.6 Å². The first kappa shape index (κ1) is 55.9. The molecule has 21 nitrogen and oxygen atoms in total. The standard InChI is InChI=1S/C45H77N3O18S2/c1-23(2)48(21-46-24(3)11-15-67-19-30-26-9-5-7-13-59-42-38(57)34(53)40(28(17-49)61-42)65-44(63-30)36(55)32(26)51)22-47-25(4)12-16-68-20-31-27-10-6-8-14-60-43-39(58)35(54)41(29(18-50)62-43)66-45(64-31)37(56)33(27)52/h26-47,49-58H,1,3-22H2,2H3/t26?,27?,28?,29?,30?,31?,32?,33?,34?,35?,36?,37?,38?,39?,40?,41?,42-,43-,44+,45+/m1/s1. The molecule has 12 saturated heterocycles. The molecule has 23 heteroatoms. The van der Waals surface area contributed by atoms with E-state index in [2.05, 4.69) is 30.4 Å². The molecule has 0 aromatic rings. The SMILES string of the molecule is C=C(CCSCC1O[C@H]2OC3C(CO)O[C@@H](OCCCCC1C(O)C2O)C(O)C3O)NCN(CNC(=C)CCSCC1O[C@H]2OC3C(CO)O[C@@H](OCCCCC1C(O)C2O)C(O)C3O)C(=C)C.